The van der Waals surface area contributed by atoms with Gasteiger partial charge in [-0.2, -0.15) is 0 Å². The first kappa shape index (κ1) is 15.3. The van der Waals surface area contributed by atoms with Crippen LogP contribution in [0.5, 0.6) is 0 Å². The topological polar surface area (TPSA) is 50.3 Å². The maximum absolute atomic E-state index is 13.7. The number of benzene rings is 1. The van der Waals surface area contributed by atoms with Crippen LogP contribution >= 0.6 is 0 Å². The summed E-state index contributed by atoms with van der Waals surface area (Å²) in [7, 11) is 0. The van der Waals surface area contributed by atoms with Crippen LogP contribution in [0.2, 0.25) is 0 Å². The normalized spacial score (nSPS) is 17.8. The highest BCUT2D eigenvalue weighted by molar-refractivity contribution is 6.03. The Hall–Kier alpha value is -2.63. The summed E-state index contributed by atoms with van der Waals surface area (Å²) in [6.45, 7) is 0.161. The summed E-state index contributed by atoms with van der Waals surface area (Å²) < 4.78 is 26.6. The maximum Gasteiger partial charge on any atom is 0.233 e. The largest absolute Gasteiger partial charge is 0.278 e. The van der Waals surface area contributed by atoms with E-state index >= 15 is 0 Å². The second-order valence-corrected chi connectivity index (χ2v) is 5.52. The molecular weight excluding hydrogens is 302 g/mol. The number of halogens is 2. The second-order valence-electron chi connectivity index (χ2n) is 5.52. The number of nitrogens with zero attached hydrogens (tertiary/aromatic N) is 2. The van der Waals surface area contributed by atoms with E-state index in [-0.39, 0.29) is 36.8 Å². The van der Waals surface area contributed by atoms with Crippen LogP contribution in [0.4, 0.5) is 8.78 Å². The van der Waals surface area contributed by atoms with Crippen molar-refractivity contribution in [2.75, 3.05) is 0 Å². The van der Waals surface area contributed by atoms with Crippen LogP contribution < -0.4 is 0 Å². The van der Waals surface area contributed by atoms with Crippen molar-refractivity contribution in [1.82, 2.24) is 9.88 Å². The van der Waals surface area contributed by atoms with E-state index in [0.29, 0.717) is 0 Å². The Morgan fingerprint density at radius 1 is 1.22 bits per heavy atom. The quantitative estimate of drug-likeness (QED) is 0.814. The fourth-order valence-electron chi connectivity index (χ4n) is 2.70. The zero-order valence-corrected chi connectivity index (χ0v) is 12.2. The zero-order chi connectivity index (χ0) is 16.4. The summed E-state index contributed by atoms with van der Waals surface area (Å²) >= 11 is 0. The first-order chi connectivity index (χ1) is 11.0. The fourth-order valence-corrected chi connectivity index (χ4v) is 2.70. The van der Waals surface area contributed by atoms with E-state index in [1.165, 1.54) is 11.0 Å². The van der Waals surface area contributed by atoms with Crippen LogP contribution in [0.25, 0.3) is 0 Å². The minimum atomic E-state index is -0.698. The van der Waals surface area contributed by atoms with Gasteiger partial charge in [0.25, 0.3) is 0 Å². The van der Waals surface area contributed by atoms with E-state index in [0.717, 1.165) is 17.7 Å². The van der Waals surface area contributed by atoms with Gasteiger partial charge in [0.2, 0.25) is 11.8 Å². The molecule has 1 unspecified atom stereocenters. The number of hydrogen-bond acceptors (Lipinski definition) is 3. The average molecular weight is 316 g/mol. The van der Waals surface area contributed by atoms with E-state index in [1.54, 1.807) is 24.5 Å². The number of aromatic nitrogens is 1. The lowest BCUT2D eigenvalue weighted by molar-refractivity contribution is -0.140. The predicted molar refractivity (Wildman–Crippen MR) is 78.0 cm³/mol. The Morgan fingerprint density at radius 2 is 2.04 bits per heavy atom. The molecule has 0 spiro atoms. The smallest absolute Gasteiger partial charge is 0.233 e. The highest BCUT2D eigenvalue weighted by Crippen LogP contribution is 2.26. The maximum atomic E-state index is 13.7. The molecule has 2 aromatic rings. The van der Waals surface area contributed by atoms with Crippen molar-refractivity contribution in [3.63, 3.8) is 0 Å². The van der Waals surface area contributed by atoms with Crippen molar-refractivity contribution in [1.29, 1.82) is 0 Å². The third kappa shape index (κ3) is 3.26. The standard InChI is InChI=1S/C17H14F2N2O2/c18-14-4-3-12(15(19)8-14)6-13-7-16(22)21(17(13)23)10-11-2-1-5-20-9-11/h1-5,8-9,13H,6-7,10H2. The lowest BCUT2D eigenvalue weighted by atomic mass is 9.97. The predicted octanol–water partition coefficient (Wildman–Crippen LogP) is 2.48. The first-order valence-corrected chi connectivity index (χ1v) is 7.21. The summed E-state index contributed by atoms with van der Waals surface area (Å²) in [5, 5.41) is 0. The van der Waals surface area contributed by atoms with Gasteiger partial charge in [-0.25, -0.2) is 8.78 Å². The molecular formula is C17H14F2N2O2. The van der Waals surface area contributed by atoms with Gasteiger partial charge in [0.15, 0.2) is 0 Å². The Balaban J connectivity index is 1.73. The van der Waals surface area contributed by atoms with Gasteiger partial charge in [0.1, 0.15) is 11.6 Å². The number of carbonyl (C=O) groups excluding carboxylic acids is 2. The molecule has 1 fully saturated rings. The summed E-state index contributed by atoms with van der Waals surface area (Å²) in [4.78, 5) is 29.6. The van der Waals surface area contributed by atoms with Crippen molar-refractivity contribution in [2.24, 2.45) is 5.92 Å². The zero-order valence-electron chi connectivity index (χ0n) is 12.2. The molecule has 23 heavy (non-hydrogen) atoms. The van der Waals surface area contributed by atoms with E-state index < -0.39 is 17.6 Å². The van der Waals surface area contributed by atoms with Gasteiger partial charge in [0, 0.05) is 24.9 Å². The summed E-state index contributed by atoms with van der Waals surface area (Å²) in [6, 6.07) is 6.75. The molecule has 0 saturated carbocycles. The van der Waals surface area contributed by atoms with Gasteiger partial charge in [-0.1, -0.05) is 12.1 Å². The number of rotatable bonds is 4. The molecule has 1 atom stereocenters. The molecule has 3 rings (SSSR count). The Kier molecular flexibility index (Phi) is 4.14. The number of imide groups is 1. The summed E-state index contributed by atoms with van der Waals surface area (Å²) in [5.74, 6) is -2.60. The SMILES string of the molecule is O=C1CC(Cc2ccc(F)cc2F)C(=O)N1Cc1cccnc1. The molecule has 1 saturated heterocycles. The molecule has 0 radical (unpaired) electrons. The average Bonchev–Trinajstić information content (AvgIpc) is 2.79. The molecule has 1 aromatic heterocycles. The Labute approximate surface area is 131 Å². The van der Waals surface area contributed by atoms with Gasteiger partial charge >= 0.3 is 0 Å². The number of amides is 2. The molecule has 118 valence electrons. The molecule has 4 nitrogen and oxygen atoms in total. The van der Waals surface area contributed by atoms with Crippen molar-refractivity contribution in [3.8, 4) is 0 Å². The molecule has 0 N–H and O–H groups in total. The summed E-state index contributed by atoms with van der Waals surface area (Å²) in [5.41, 5.74) is 0.989. The third-order valence-electron chi connectivity index (χ3n) is 3.88. The number of hydrogen-bond donors (Lipinski definition) is 0. The molecule has 0 bridgehead atoms. The fraction of sp³-hybridized carbons (Fsp3) is 0.235. The van der Waals surface area contributed by atoms with Crippen molar-refractivity contribution in [2.45, 2.75) is 19.4 Å². The van der Waals surface area contributed by atoms with Gasteiger partial charge in [-0.05, 0) is 29.7 Å². The van der Waals surface area contributed by atoms with E-state index in [9.17, 15) is 18.4 Å². The lowest BCUT2D eigenvalue weighted by Crippen LogP contribution is -2.30. The van der Waals surface area contributed by atoms with Crippen molar-refractivity contribution >= 4 is 11.8 Å². The van der Waals surface area contributed by atoms with Crippen LogP contribution in [0.15, 0.2) is 42.7 Å². The van der Waals surface area contributed by atoms with Crippen LogP contribution in [0, 0.1) is 17.6 Å². The molecule has 0 aliphatic carbocycles. The van der Waals surface area contributed by atoms with Gasteiger partial charge in [0.05, 0.1) is 12.5 Å². The minimum Gasteiger partial charge on any atom is -0.278 e. The van der Waals surface area contributed by atoms with Crippen molar-refractivity contribution < 1.29 is 18.4 Å². The van der Waals surface area contributed by atoms with Crippen LogP contribution in [0.1, 0.15) is 17.5 Å². The number of carbonyl (C=O) groups is 2. The van der Waals surface area contributed by atoms with Crippen LogP contribution in [-0.4, -0.2) is 21.7 Å². The first-order valence-electron chi connectivity index (χ1n) is 7.21. The van der Waals surface area contributed by atoms with Gasteiger partial charge in [-0.3, -0.25) is 19.5 Å². The van der Waals surface area contributed by atoms with E-state index in [1.807, 2.05) is 0 Å². The summed E-state index contributed by atoms with van der Waals surface area (Å²) in [6.07, 6.45) is 3.32. The Bertz CT molecular complexity index is 750. The Morgan fingerprint density at radius 3 is 2.74 bits per heavy atom. The number of likely N-dealkylation sites (tertiary alicyclic amines) is 1. The van der Waals surface area contributed by atoms with Gasteiger partial charge in [-0.15, -0.1) is 0 Å². The van der Waals surface area contributed by atoms with Crippen LogP contribution in [-0.2, 0) is 22.6 Å². The third-order valence-corrected chi connectivity index (χ3v) is 3.88. The second kappa shape index (κ2) is 6.24. The molecule has 2 amide bonds. The lowest BCUT2D eigenvalue weighted by Gasteiger charge is -2.15. The monoisotopic (exact) mass is 316 g/mol. The van der Waals surface area contributed by atoms with E-state index in [2.05, 4.69) is 4.98 Å². The molecule has 1 aliphatic rings. The molecule has 2 heterocycles. The van der Waals surface area contributed by atoms with Gasteiger partial charge < -0.3 is 0 Å². The molecule has 1 aliphatic heterocycles. The highest BCUT2D eigenvalue weighted by atomic mass is 19.1. The minimum absolute atomic E-state index is 0.0376. The van der Waals surface area contributed by atoms with Crippen LogP contribution in [0.3, 0.4) is 0 Å². The molecule has 1 aromatic carbocycles. The molecule has 6 heteroatoms. The van der Waals surface area contributed by atoms with Crippen molar-refractivity contribution in [3.05, 3.63) is 65.5 Å². The van der Waals surface area contributed by atoms with E-state index in [4.69, 9.17) is 0 Å². The number of pyridine rings is 1. The highest BCUT2D eigenvalue weighted by Gasteiger charge is 2.38.